The molecule has 0 saturated carbocycles. The lowest BCUT2D eigenvalue weighted by Crippen LogP contribution is -2.26. The molecular weight excluding hydrogens is 221 g/mol. The molecule has 0 aromatic heterocycles. The maximum absolute atomic E-state index is 10.2. The van der Waals surface area contributed by atoms with Crippen molar-refractivity contribution < 1.29 is 4.79 Å². The van der Waals surface area contributed by atoms with Gasteiger partial charge >= 0.3 is 0 Å². The van der Waals surface area contributed by atoms with Gasteiger partial charge in [0.15, 0.2) is 0 Å². The van der Waals surface area contributed by atoms with Crippen LogP contribution in [-0.4, -0.2) is 12.5 Å². The van der Waals surface area contributed by atoms with Crippen molar-refractivity contribution in [1.29, 1.82) is 0 Å². The SMILES string of the molecule is C[C@H](Cc1ccc(Cl)c(Cl)c1)NC=O. The van der Waals surface area contributed by atoms with Crippen LogP contribution in [0.2, 0.25) is 10.0 Å². The van der Waals surface area contributed by atoms with Crippen LogP contribution in [-0.2, 0) is 11.2 Å². The minimum atomic E-state index is 0.102. The maximum Gasteiger partial charge on any atom is 0.207 e. The van der Waals surface area contributed by atoms with Crippen molar-refractivity contribution >= 4 is 29.6 Å². The van der Waals surface area contributed by atoms with E-state index in [1.54, 1.807) is 6.07 Å². The molecule has 0 bridgehead atoms. The van der Waals surface area contributed by atoms with Crippen LogP contribution in [0.25, 0.3) is 0 Å². The Morgan fingerprint density at radius 3 is 2.71 bits per heavy atom. The maximum atomic E-state index is 10.2. The summed E-state index contributed by atoms with van der Waals surface area (Å²) in [6.07, 6.45) is 1.44. The summed E-state index contributed by atoms with van der Waals surface area (Å²) >= 11 is 11.6. The normalized spacial score (nSPS) is 12.2. The molecule has 76 valence electrons. The summed E-state index contributed by atoms with van der Waals surface area (Å²) in [5.74, 6) is 0. The molecule has 1 aromatic carbocycles. The van der Waals surface area contributed by atoms with E-state index in [0.29, 0.717) is 16.5 Å². The van der Waals surface area contributed by atoms with E-state index in [2.05, 4.69) is 5.32 Å². The van der Waals surface area contributed by atoms with Gasteiger partial charge in [0.2, 0.25) is 6.41 Å². The summed E-state index contributed by atoms with van der Waals surface area (Å²) in [7, 11) is 0. The van der Waals surface area contributed by atoms with Crippen molar-refractivity contribution in [2.45, 2.75) is 19.4 Å². The van der Waals surface area contributed by atoms with Crippen LogP contribution >= 0.6 is 23.2 Å². The fourth-order valence-corrected chi connectivity index (χ4v) is 1.52. The lowest BCUT2D eigenvalue weighted by Gasteiger charge is -2.10. The molecule has 14 heavy (non-hydrogen) atoms. The van der Waals surface area contributed by atoms with Gasteiger partial charge in [-0.2, -0.15) is 0 Å². The smallest absolute Gasteiger partial charge is 0.207 e. The third kappa shape index (κ3) is 3.20. The second-order valence-electron chi connectivity index (χ2n) is 3.14. The number of benzene rings is 1. The quantitative estimate of drug-likeness (QED) is 0.794. The highest BCUT2D eigenvalue weighted by molar-refractivity contribution is 6.42. The first-order valence-corrected chi connectivity index (χ1v) is 5.02. The van der Waals surface area contributed by atoms with E-state index >= 15 is 0 Å². The fraction of sp³-hybridized carbons (Fsp3) is 0.300. The number of hydrogen-bond acceptors (Lipinski definition) is 1. The van der Waals surface area contributed by atoms with Gasteiger partial charge in [0.1, 0.15) is 0 Å². The van der Waals surface area contributed by atoms with Crippen molar-refractivity contribution in [2.24, 2.45) is 0 Å². The van der Waals surface area contributed by atoms with E-state index in [0.717, 1.165) is 12.0 Å². The van der Waals surface area contributed by atoms with E-state index < -0.39 is 0 Å². The average Bonchev–Trinajstić information content (AvgIpc) is 2.12. The molecule has 0 aliphatic carbocycles. The van der Waals surface area contributed by atoms with Gasteiger partial charge in [-0.25, -0.2) is 0 Å². The molecule has 1 aromatic rings. The van der Waals surface area contributed by atoms with Crippen LogP contribution in [0, 0.1) is 0 Å². The number of carbonyl (C=O) groups excluding carboxylic acids is 1. The van der Waals surface area contributed by atoms with Gasteiger partial charge in [-0.15, -0.1) is 0 Å². The number of nitrogens with one attached hydrogen (secondary N) is 1. The van der Waals surface area contributed by atoms with Crippen LogP contribution in [0.4, 0.5) is 0 Å². The van der Waals surface area contributed by atoms with Crippen molar-refractivity contribution in [3.05, 3.63) is 33.8 Å². The molecule has 2 nitrogen and oxygen atoms in total. The third-order valence-electron chi connectivity index (χ3n) is 1.88. The Hall–Kier alpha value is -0.730. The molecule has 1 rings (SSSR count). The minimum absolute atomic E-state index is 0.102. The number of amides is 1. The first-order valence-electron chi connectivity index (χ1n) is 4.27. The van der Waals surface area contributed by atoms with Gasteiger partial charge < -0.3 is 5.32 Å². The Balaban J connectivity index is 2.67. The third-order valence-corrected chi connectivity index (χ3v) is 2.62. The van der Waals surface area contributed by atoms with Crippen LogP contribution in [0.3, 0.4) is 0 Å². The Labute approximate surface area is 93.2 Å². The van der Waals surface area contributed by atoms with E-state index in [1.165, 1.54) is 0 Å². The molecule has 1 amide bonds. The molecule has 0 fully saturated rings. The molecule has 1 atom stereocenters. The molecule has 0 spiro atoms. The van der Waals surface area contributed by atoms with Crippen molar-refractivity contribution in [2.75, 3.05) is 0 Å². The van der Waals surface area contributed by atoms with Gasteiger partial charge in [-0.05, 0) is 31.0 Å². The predicted octanol–water partition coefficient (Wildman–Crippen LogP) is 2.67. The Kier molecular flexibility index (Phi) is 4.23. The van der Waals surface area contributed by atoms with E-state index in [1.807, 2.05) is 19.1 Å². The molecule has 0 aliphatic heterocycles. The second-order valence-corrected chi connectivity index (χ2v) is 3.95. The highest BCUT2D eigenvalue weighted by Crippen LogP contribution is 2.23. The van der Waals surface area contributed by atoms with Crippen LogP contribution < -0.4 is 5.32 Å². The second kappa shape index (κ2) is 5.23. The first-order chi connectivity index (χ1) is 6.63. The Bertz CT molecular complexity index is 328. The van der Waals surface area contributed by atoms with Crippen LogP contribution in [0.15, 0.2) is 18.2 Å². The first kappa shape index (κ1) is 11.3. The number of halogens is 2. The highest BCUT2D eigenvalue weighted by Gasteiger charge is 2.04. The van der Waals surface area contributed by atoms with Gasteiger partial charge in [0.05, 0.1) is 10.0 Å². The standard InChI is InChI=1S/C10H11Cl2NO/c1-7(13-6-14)4-8-2-3-9(11)10(12)5-8/h2-3,5-7H,4H2,1H3,(H,13,14)/t7-/m1/s1. The summed E-state index contributed by atoms with van der Waals surface area (Å²) in [4.78, 5) is 10.2. The predicted molar refractivity (Wildman–Crippen MR) is 58.8 cm³/mol. The summed E-state index contributed by atoms with van der Waals surface area (Å²) in [5.41, 5.74) is 1.06. The number of rotatable bonds is 4. The Morgan fingerprint density at radius 2 is 2.14 bits per heavy atom. The van der Waals surface area contributed by atoms with Crippen LogP contribution in [0.5, 0.6) is 0 Å². The zero-order valence-electron chi connectivity index (χ0n) is 7.76. The minimum Gasteiger partial charge on any atom is -0.356 e. The lowest BCUT2D eigenvalue weighted by atomic mass is 10.1. The molecule has 0 saturated heterocycles. The van der Waals surface area contributed by atoms with Crippen molar-refractivity contribution in [1.82, 2.24) is 5.32 Å². The van der Waals surface area contributed by atoms with Gasteiger partial charge in [-0.1, -0.05) is 29.3 Å². The molecular formula is C10H11Cl2NO. The highest BCUT2D eigenvalue weighted by atomic mass is 35.5. The van der Waals surface area contributed by atoms with Gasteiger partial charge in [0.25, 0.3) is 0 Å². The van der Waals surface area contributed by atoms with E-state index in [-0.39, 0.29) is 6.04 Å². The fourth-order valence-electron chi connectivity index (χ4n) is 1.20. The zero-order chi connectivity index (χ0) is 10.6. The zero-order valence-corrected chi connectivity index (χ0v) is 9.27. The molecule has 0 heterocycles. The molecule has 0 radical (unpaired) electrons. The summed E-state index contributed by atoms with van der Waals surface area (Å²) in [6.45, 7) is 1.93. The van der Waals surface area contributed by atoms with Gasteiger partial charge in [-0.3, -0.25) is 4.79 Å². The lowest BCUT2D eigenvalue weighted by molar-refractivity contribution is -0.110. The van der Waals surface area contributed by atoms with Crippen molar-refractivity contribution in [3.8, 4) is 0 Å². The summed E-state index contributed by atoms with van der Waals surface area (Å²) < 4.78 is 0. The Morgan fingerprint density at radius 1 is 1.43 bits per heavy atom. The average molecular weight is 232 g/mol. The summed E-state index contributed by atoms with van der Waals surface area (Å²) in [6, 6.07) is 5.57. The van der Waals surface area contributed by atoms with E-state index in [9.17, 15) is 4.79 Å². The molecule has 1 N–H and O–H groups in total. The van der Waals surface area contributed by atoms with Crippen molar-refractivity contribution in [3.63, 3.8) is 0 Å². The van der Waals surface area contributed by atoms with Gasteiger partial charge in [0, 0.05) is 6.04 Å². The number of carbonyl (C=O) groups is 1. The molecule has 4 heteroatoms. The largest absolute Gasteiger partial charge is 0.356 e. The molecule has 0 unspecified atom stereocenters. The number of hydrogen-bond donors (Lipinski definition) is 1. The summed E-state index contributed by atoms with van der Waals surface area (Å²) in [5, 5.41) is 3.76. The van der Waals surface area contributed by atoms with E-state index in [4.69, 9.17) is 23.2 Å². The topological polar surface area (TPSA) is 29.1 Å². The monoisotopic (exact) mass is 231 g/mol. The van der Waals surface area contributed by atoms with Crippen LogP contribution in [0.1, 0.15) is 12.5 Å². The molecule has 0 aliphatic rings.